The summed E-state index contributed by atoms with van der Waals surface area (Å²) in [7, 11) is 0. The molecule has 0 atom stereocenters. The van der Waals surface area contributed by atoms with Crippen LogP contribution in [0.25, 0.3) is 6.08 Å². The maximum Gasteiger partial charge on any atom is 0.185 e. The normalized spacial score (nSPS) is 10.9. The van der Waals surface area contributed by atoms with E-state index >= 15 is 0 Å². The maximum atomic E-state index is 12.0. The van der Waals surface area contributed by atoms with Gasteiger partial charge in [0.05, 0.1) is 5.02 Å². The third-order valence-electron chi connectivity index (χ3n) is 2.77. The molecule has 0 aliphatic heterocycles. The summed E-state index contributed by atoms with van der Waals surface area (Å²) in [6.07, 6.45) is 5.16. The average molecular weight is 305 g/mol. The van der Waals surface area contributed by atoms with Crippen molar-refractivity contribution in [2.45, 2.75) is 4.90 Å². The van der Waals surface area contributed by atoms with E-state index in [0.29, 0.717) is 5.56 Å². The molecule has 4 heteroatoms. The largest absolute Gasteiger partial charge is 0.506 e. The summed E-state index contributed by atoms with van der Waals surface area (Å²) in [6, 6.07) is 12.3. The Morgan fingerprint density at radius 1 is 1.20 bits per heavy atom. The fourth-order valence-electron chi connectivity index (χ4n) is 1.65. The van der Waals surface area contributed by atoms with Crippen molar-refractivity contribution >= 4 is 35.2 Å². The van der Waals surface area contributed by atoms with Gasteiger partial charge in [-0.3, -0.25) is 4.79 Å². The lowest BCUT2D eigenvalue weighted by atomic mass is 10.1. The van der Waals surface area contributed by atoms with Gasteiger partial charge in [-0.2, -0.15) is 0 Å². The van der Waals surface area contributed by atoms with Crippen LogP contribution < -0.4 is 0 Å². The molecule has 2 aromatic rings. The van der Waals surface area contributed by atoms with Crippen LogP contribution in [0.15, 0.2) is 53.4 Å². The van der Waals surface area contributed by atoms with Crippen LogP contribution in [0.1, 0.15) is 15.9 Å². The summed E-state index contributed by atoms with van der Waals surface area (Å²) < 4.78 is 0. The summed E-state index contributed by atoms with van der Waals surface area (Å²) in [5, 5.41) is 9.59. The third kappa shape index (κ3) is 3.65. The number of rotatable bonds is 4. The van der Waals surface area contributed by atoms with Crippen LogP contribution >= 0.6 is 23.4 Å². The monoisotopic (exact) mass is 304 g/mol. The molecule has 2 rings (SSSR count). The van der Waals surface area contributed by atoms with Crippen LogP contribution in [-0.4, -0.2) is 17.1 Å². The smallest absolute Gasteiger partial charge is 0.185 e. The zero-order valence-electron chi connectivity index (χ0n) is 10.8. The van der Waals surface area contributed by atoms with E-state index in [2.05, 4.69) is 0 Å². The second-order valence-electron chi connectivity index (χ2n) is 4.14. The Morgan fingerprint density at radius 3 is 2.50 bits per heavy atom. The number of carbonyl (C=O) groups is 1. The third-order valence-corrected chi connectivity index (χ3v) is 3.82. The number of phenols is 1. The SMILES string of the molecule is CSc1ccc(C(=O)/C=C/c2ccc(O)c(Cl)c2)cc1. The Kier molecular flexibility index (Phi) is 4.88. The molecule has 0 saturated carbocycles. The van der Waals surface area contributed by atoms with Crippen molar-refractivity contribution < 1.29 is 9.90 Å². The average Bonchev–Trinajstić information content (AvgIpc) is 2.48. The number of ketones is 1. The van der Waals surface area contributed by atoms with E-state index in [-0.39, 0.29) is 16.6 Å². The molecule has 0 aliphatic carbocycles. The minimum atomic E-state index is -0.0677. The Morgan fingerprint density at radius 2 is 1.90 bits per heavy atom. The van der Waals surface area contributed by atoms with Crippen molar-refractivity contribution in [3.8, 4) is 5.75 Å². The number of hydrogen-bond donors (Lipinski definition) is 1. The lowest BCUT2D eigenvalue weighted by Crippen LogP contribution is -1.93. The highest BCUT2D eigenvalue weighted by atomic mass is 35.5. The first-order chi connectivity index (χ1) is 9.60. The molecule has 0 amide bonds. The van der Waals surface area contributed by atoms with Crippen LogP contribution in [0.2, 0.25) is 5.02 Å². The van der Waals surface area contributed by atoms with Gasteiger partial charge in [0.2, 0.25) is 0 Å². The summed E-state index contributed by atoms with van der Waals surface area (Å²) in [5.41, 5.74) is 1.41. The van der Waals surface area contributed by atoms with Crippen LogP contribution in [0.4, 0.5) is 0 Å². The fraction of sp³-hybridized carbons (Fsp3) is 0.0625. The Balaban J connectivity index is 2.13. The van der Waals surface area contributed by atoms with E-state index in [1.807, 2.05) is 30.5 Å². The van der Waals surface area contributed by atoms with Gasteiger partial charge in [-0.15, -0.1) is 11.8 Å². The molecule has 0 fully saturated rings. The van der Waals surface area contributed by atoms with Gasteiger partial charge in [0, 0.05) is 10.5 Å². The number of carbonyl (C=O) groups excluding carboxylic acids is 1. The molecule has 0 unspecified atom stereocenters. The molecule has 1 N–H and O–H groups in total. The predicted octanol–water partition coefficient (Wildman–Crippen LogP) is 4.66. The van der Waals surface area contributed by atoms with Crippen molar-refractivity contribution in [1.82, 2.24) is 0 Å². The van der Waals surface area contributed by atoms with Crippen LogP contribution in [0.3, 0.4) is 0 Å². The van der Waals surface area contributed by atoms with Crippen molar-refractivity contribution in [2.24, 2.45) is 0 Å². The highest BCUT2D eigenvalue weighted by molar-refractivity contribution is 7.98. The molecule has 2 nitrogen and oxygen atoms in total. The summed E-state index contributed by atoms with van der Waals surface area (Å²) in [6.45, 7) is 0. The Hall–Kier alpha value is -1.71. The van der Waals surface area contributed by atoms with Gasteiger partial charge in [0.1, 0.15) is 5.75 Å². The van der Waals surface area contributed by atoms with Crippen LogP contribution in [-0.2, 0) is 0 Å². The number of benzene rings is 2. The van der Waals surface area contributed by atoms with E-state index in [4.69, 9.17) is 11.6 Å². The van der Waals surface area contributed by atoms with Gasteiger partial charge in [0.25, 0.3) is 0 Å². The molecule has 0 bridgehead atoms. The van der Waals surface area contributed by atoms with Gasteiger partial charge >= 0.3 is 0 Å². The summed E-state index contributed by atoms with van der Waals surface area (Å²) >= 11 is 7.44. The Bertz CT molecular complexity index is 648. The quantitative estimate of drug-likeness (QED) is 0.507. The first-order valence-corrected chi connectivity index (χ1v) is 7.55. The van der Waals surface area contributed by atoms with E-state index in [1.54, 1.807) is 30.0 Å². The topological polar surface area (TPSA) is 37.3 Å². The van der Waals surface area contributed by atoms with Crippen molar-refractivity contribution in [3.63, 3.8) is 0 Å². The van der Waals surface area contributed by atoms with Crippen molar-refractivity contribution in [1.29, 1.82) is 0 Å². The number of thioether (sulfide) groups is 1. The van der Waals surface area contributed by atoms with E-state index in [1.165, 1.54) is 12.1 Å². The van der Waals surface area contributed by atoms with Crippen LogP contribution in [0, 0.1) is 0 Å². The zero-order valence-corrected chi connectivity index (χ0v) is 12.4. The number of halogens is 1. The molecule has 2 aromatic carbocycles. The van der Waals surface area contributed by atoms with Crippen LogP contribution in [0.5, 0.6) is 5.75 Å². The number of allylic oxidation sites excluding steroid dienone is 1. The van der Waals surface area contributed by atoms with Crippen molar-refractivity contribution in [2.75, 3.05) is 6.26 Å². The minimum absolute atomic E-state index is 0.0304. The summed E-state index contributed by atoms with van der Waals surface area (Å²) in [4.78, 5) is 13.1. The molecule has 0 spiro atoms. The van der Waals surface area contributed by atoms with Gasteiger partial charge in [-0.05, 0) is 54.3 Å². The van der Waals surface area contributed by atoms with Crippen molar-refractivity contribution in [3.05, 3.63) is 64.7 Å². The summed E-state index contributed by atoms with van der Waals surface area (Å²) in [5.74, 6) is -0.0374. The molecular weight excluding hydrogens is 292 g/mol. The maximum absolute atomic E-state index is 12.0. The van der Waals surface area contributed by atoms with E-state index in [9.17, 15) is 9.90 Å². The molecule has 102 valence electrons. The van der Waals surface area contributed by atoms with Gasteiger partial charge in [-0.25, -0.2) is 0 Å². The van der Waals surface area contributed by atoms with Gasteiger partial charge in [-0.1, -0.05) is 23.7 Å². The second-order valence-corrected chi connectivity index (χ2v) is 5.42. The van der Waals surface area contributed by atoms with Gasteiger partial charge < -0.3 is 5.11 Å². The minimum Gasteiger partial charge on any atom is -0.506 e. The lowest BCUT2D eigenvalue weighted by Gasteiger charge is -1.99. The highest BCUT2D eigenvalue weighted by Gasteiger charge is 2.02. The molecular formula is C16H13ClO2S. The highest BCUT2D eigenvalue weighted by Crippen LogP contribution is 2.24. The molecule has 0 aromatic heterocycles. The number of hydrogen-bond acceptors (Lipinski definition) is 3. The van der Waals surface area contributed by atoms with Gasteiger partial charge in [0.15, 0.2) is 5.78 Å². The number of phenolic OH excluding ortho intramolecular Hbond substituents is 1. The Labute approximate surface area is 127 Å². The molecule has 0 saturated heterocycles. The first kappa shape index (κ1) is 14.7. The van der Waals surface area contributed by atoms with E-state index in [0.717, 1.165) is 10.5 Å². The fourth-order valence-corrected chi connectivity index (χ4v) is 2.25. The first-order valence-electron chi connectivity index (χ1n) is 5.95. The number of aromatic hydroxyl groups is 1. The molecule has 20 heavy (non-hydrogen) atoms. The standard InChI is InChI=1S/C16H13ClO2S/c1-20-13-6-4-12(5-7-13)15(18)8-2-11-3-9-16(19)14(17)10-11/h2-10,19H,1H3/b8-2+. The molecule has 0 aliphatic rings. The molecule has 0 radical (unpaired) electrons. The lowest BCUT2D eigenvalue weighted by molar-refractivity contribution is 0.104. The second kappa shape index (κ2) is 6.64. The zero-order chi connectivity index (χ0) is 14.5. The predicted molar refractivity (Wildman–Crippen MR) is 84.7 cm³/mol. The van der Waals surface area contributed by atoms with E-state index < -0.39 is 0 Å². The molecule has 0 heterocycles.